The predicted octanol–water partition coefficient (Wildman–Crippen LogP) is 2.64. The number of hydrogen-bond donors (Lipinski definition) is 2. The van der Waals surface area contributed by atoms with Crippen LogP contribution in [0.1, 0.15) is 32.4 Å². The van der Waals surface area contributed by atoms with Gasteiger partial charge >= 0.3 is 0 Å². The second-order valence-electron chi connectivity index (χ2n) is 6.09. The summed E-state index contributed by atoms with van der Waals surface area (Å²) in [5.41, 5.74) is 1.32. The van der Waals surface area contributed by atoms with E-state index in [4.69, 9.17) is 9.73 Å². The number of guanidine groups is 1. The predicted molar refractivity (Wildman–Crippen MR) is 111 cm³/mol. The van der Waals surface area contributed by atoms with Gasteiger partial charge in [-0.05, 0) is 26.3 Å². The van der Waals surface area contributed by atoms with E-state index in [2.05, 4.69) is 66.6 Å². The van der Waals surface area contributed by atoms with Crippen molar-refractivity contribution in [3.63, 3.8) is 0 Å². The molecule has 0 aliphatic carbocycles. The van der Waals surface area contributed by atoms with Crippen molar-refractivity contribution in [2.45, 2.75) is 32.9 Å². The number of halogens is 1. The Kier molecular flexibility index (Phi) is 10.3. The SMILES string of the molecule is CCNC(=NCC(c1ccccc1)N1CCOCC1)NC(C)C.I. The van der Waals surface area contributed by atoms with Crippen molar-refractivity contribution in [1.29, 1.82) is 0 Å². The lowest BCUT2D eigenvalue weighted by Crippen LogP contribution is -2.43. The Hall–Kier alpha value is -0.860. The Morgan fingerprint density at radius 3 is 2.46 bits per heavy atom. The van der Waals surface area contributed by atoms with Gasteiger partial charge in [-0.1, -0.05) is 30.3 Å². The fourth-order valence-corrected chi connectivity index (χ4v) is 2.77. The molecule has 6 heteroatoms. The Morgan fingerprint density at radius 2 is 1.88 bits per heavy atom. The molecule has 0 saturated carbocycles. The molecule has 0 radical (unpaired) electrons. The van der Waals surface area contributed by atoms with Crippen LogP contribution in [-0.4, -0.2) is 56.3 Å². The van der Waals surface area contributed by atoms with E-state index >= 15 is 0 Å². The second-order valence-corrected chi connectivity index (χ2v) is 6.09. The first kappa shape index (κ1) is 21.2. The summed E-state index contributed by atoms with van der Waals surface area (Å²) >= 11 is 0. The van der Waals surface area contributed by atoms with Gasteiger partial charge in [0.25, 0.3) is 0 Å². The van der Waals surface area contributed by atoms with Crippen LogP contribution in [-0.2, 0) is 4.74 Å². The average Bonchev–Trinajstić information content (AvgIpc) is 2.56. The number of ether oxygens (including phenoxy) is 1. The minimum absolute atomic E-state index is 0. The van der Waals surface area contributed by atoms with Gasteiger partial charge < -0.3 is 15.4 Å². The first-order chi connectivity index (χ1) is 11.2. The standard InChI is InChI=1S/C18H30N4O.HI/c1-4-19-18(21-15(2)3)20-14-17(16-8-6-5-7-9-16)22-10-12-23-13-11-22;/h5-9,15,17H,4,10-14H2,1-3H3,(H2,19,20,21);1H. The maximum absolute atomic E-state index is 5.50. The van der Waals surface area contributed by atoms with Crippen molar-refractivity contribution in [2.24, 2.45) is 4.99 Å². The third-order valence-corrected chi connectivity index (χ3v) is 3.86. The third kappa shape index (κ3) is 6.94. The Morgan fingerprint density at radius 1 is 1.21 bits per heavy atom. The normalized spacial score (nSPS) is 17.2. The Balaban J connectivity index is 0.00000288. The van der Waals surface area contributed by atoms with E-state index in [0.29, 0.717) is 12.1 Å². The van der Waals surface area contributed by atoms with Crippen LogP contribution in [0.25, 0.3) is 0 Å². The molecule has 1 unspecified atom stereocenters. The van der Waals surface area contributed by atoms with Crippen LogP contribution in [0.5, 0.6) is 0 Å². The lowest BCUT2D eigenvalue weighted by Gasteiger charge is -2.34. The number of rotatable bonds is 6. The van der Waals surface area contributed by atoms with Gasteiger partial charge in [0, 0.05) is 25.7 Å². The minimum atomic E-state index is 0. The molecule has 0 aromatic heterocycles. The van der Waals surface area contributed by atoms with E-state index in [0.717, 1.165) is 45.4 Å². The van der Waals surface area contributed by atoms with Gasteiger partial charge in [-0.25, -0.2) is 0 Å². The van der Waals surface area contributed by atoms with Crippen LogP contribution < -0.4 is 10.6 Å². The van der Waals surface area contributed by atoms with Gasteiger partial charge in [0.1, 0.15) is 0 Å². The molecule has 0 spiro atoms. The van der Waals surface area contributed by atoms with Gasteiger partial charge in [0.05, 0.1) is 25.8 Å². The van der Waals surface area contributed by atoms with E-state index in [1.54, 1.807) is 0 Å². The highest BCUT2D eigenvalue weighted by atomic mass is 127. The number of benzene rings is 1. The number of morpholine rings is 1. The largest absolute Gasteiger partial charge is 0.379 e. The van der Waals surface area contributed by atoms with Crippen molar-refractivity contribution >= 4 is 29.9 Å². The molecule has 1 aromatic rings. The highest BCUT2D eigenvalue weighted by molar-refractivity contribution is 14.0. The summed E-state index contributed by atoms with van der Waals surface area (Å²) in [7, 11) is 0. The number of nitrogens with zero attached hydrogens (tertiary/aromatic N) is 2. The summed E-state index contributed by atoms with van der Waals surface area (Å²) in [6, 6.07) is 11.3. The zero-order valence-electron chi connectivity index (χ0n) is 15.0. The van der Waals surface area contributed by atoms with Crippen molar-refractivity contribution in [3.8, 4) is 0 Å². The molecule has 1 atom stereocenters. The molecule has 1 heterocycles. The lowest BCUT2D eigenvalue weighted by molar-refractivity contribution is 0.0179. The summed E-state index contributed by atoms with van der Waals surface area (Å²) in [6.07, 6.45) is 0. The minimum Gasteiger partial charge on any atom is -0.379 e. The summed E-state index contributed by atoms with van der Waals surface area (Å²) in [5.74, 6) is 0.886. The Bertz CT molecular complexity index is 475. The molecular formula is C18H31IN4O. The number of aliphatic imine (C=N–C) groups is 1. The molecule has 0 bridgehead atoms. The van der Waals surface area contributed by atoms with Crippen LogP contribution in [0.3, 0.4) is 0 Å². The molecule has 136 valence electrons. The fraction of sp³-hybridized carbons (Fsp3) is 0.611. The van der Waals surface area contributed by atoms with E-state index in [-0.39, 0.29) is 24.0 Å². The molecule has 2 rings (SSSR count). The Labute approximate surface area is 163 Å². The molecule has 1 aliphatic heterocycles. The average molecular weight is 446 g/mol. The molecule has 1 aliphatic rings. The molecular weight excluding hydrogens is 415 g/mol. The van der Waals surface area contributed by atoms with Crippen LogP contribution in [0.4, 0.5) is 0 Å². The molecule has 1 fully saturated rings. The zero-order chi connectivity index (χ0) is 16.5. The maximum Gasteiger partial charge on any atom is 0.191 e. The molecule has 24 heavy (non-hydrogen) atoms. The quantitative estimate of drug-likeness (QED) is 0.401. The molecule has 0 amide bonds. The first-order valence-corrected chi connectivity index (χ1v) is 8.62. The van der Waals surface area contributed by atoms with Crippen LogP contribution >= 0.6 is 24.0 Å². The number of hydrogen-bond acceptors (Lipinski definition) is 3. The lowest BCUT2D eigenvalue weighted by atomic mass is 10.1. The summed E-state index contributed by atoms with van der Waals surface area (Å²) in [4.78, 5) is 7.29. The molecule has 2 N–H and O–H groups in total. The van der Waals surface area contributed by atoms with E-state index in [1.807, 2.05) is 0 Å². The van der Waals surface area contributed by atoms with Crippen LogP contribution in [0.2, 0.25) is 0 Å². The smallest absolute Gasteiger partial charge is 0.191 e. The van der Waals surface area contributed by atoms with Gasteiger partial charge in [-0.3, -0.25) is 9.89 Å². The maximum atomic E-state index is 5.50. The van der Waals surface area contributed by atoms with Crippen molar-refractivity contribution in [1.82, 2.24) is 15.5 Å². The van der Waals surface area contributed by atoms with E-state index in [1.165, 1.54) is 5.56 Å². The third-order valence-electron chi connectivity index (χ3n) is 3.86. The number of nitrogens with one attached hydrogen (secondary N) is 2. The zero-order valence-corrected chi connectivity index (χ0v) is 17.3. The highest BCUT2D eigenvalue weighted by Gasteiger charge is 2.22. The van der Waals surface area contributed by atoms with Crippen molar-refractivity contribution in [2.75, 3.05) is 39.4 Å². The molecule has 1 aromatic carbocycles. The fourth-order valence-electron chi connectivity index (χ4n) is 2.77. The topological polar surface area (TPSA) is 48.9 Å². The monoisotopic (exact) mass is 446 g/mol. The van der Waals surface area contributed by atoms with Gasteiger partial charge in [0.2, 0.25) is 0 Å². The summed E-state index contributed by atoms with van der Waals surface area (Å²) in [6.45, 7) is 11.5. The van der Waals surface area contributed by atoms with Crippen molar-refractivity contribution in [3.05, 3.63) is 35.9 Å². The highest BCUT2D eigenvalue weighted by Crippen LogP contribution is 2.22. The second kappa shape index (κ2) is 11.7. The molecule has 1 saturated heterocycles. The van der Waals surface area contributed by atoms with Crippen molar-refractivity contribution < 1.29 is 4.74 Å². The molecule has 5 nitrogen and oxygen atoms in total. The van der Waals surface area contributed by atoms with E-state index in [9.17, 15) is 0 Å². The first-order valence-electron chi connectivity index (χ1n) is 8.62. The van der Waals surface area contributed by atoms with Crippen LogP contribution in [0.15, 0.2) is 35.3 Å². The van der Waals surface area contributed by atoms with Crippen LogP contribution in [0, 0.1) is 0 Å². The van der Waals surface area contributed by atoms with Gasteiger partial charge in [-0.15, -0.1) is 24.0 Å². The summed E-state index contributed by atoms with van der Waals surface area (Å²) < 4.78 is 5.50. The van der Waals surface area contributed by atoms with Gasteiger partial charge in [0.15, 0.2) is 5.96 Å². The summed E-state index contributed by atoms with van der Waals surface area (Å²) in [5, 5.41) is 6.71. The van der Waals surface area contributed by atoms with E-state index < -0.39 is 0 Å². The van der Waals surface area contributed by atoms with Gasteiger partial charge in [-0.2, -0.15) is 0 Å².